The Morgan fingerprint density at radius 2 is 1.97 bits per heavy atom. The Hall–Kier alpha value is -2.33. The van der Waals surface area contributed by atoms with E-state index in [1.165, 1.54) is 42.5 Å². The van der Waals surface area contributed by atoms with Gasteiger partial charge in [0.25, 0.3) is 0 Å². The molecule has 2 aromatic carbocycles. The number of hydrogen-bond acceptors (Lipinski definition) is 4. The van der Waals surface area contributed by atoms with E-state index in [0.717, 1.165) is 44.6 Å². The van der Waals surface area contributed by atoms with Crippen molar-refractivity contribution < 1.29 is 14.6 Å². The molecule has 1 N–H and O–H groups in total. The van der Waals surface area contributed by atoms with E-state index < -0.39 is 11.5 Å². The standard InChI is InChI=1S/C30H35NO3/c1-29(13-12-19-6-3-2-4-7-19)17-22-23-16-21-10-11-24(32)26-25(21)30(22,28(34-26)27(29)33)14-15-31(23)18-20-8-5-9-20/h2-4,6-7,10-11,20,22-23,28,32H,5,8-9,12-18H2,1H3/t22?,23?,28?,29-,30?/m1/s1. The summed E-state index contributed by atoms with van der Waals surface area (Å²) in [5.41, 5.74) is 3.12. The van der Waals surface area contributed by atoms with Crippen LogP contribution in [0.1, 0.15) is 62.1 Å². The summed E-state index contributed by atoms with van der Waals surface area (Å²) in [4.78, 5) is 17.0. The van der Waals surface area contributed by atoms with Gasteiger partial charge >= 0.3 is 0 Å². The fraction of sp³-hybridized carbons (Fsp3) is 0.567. The number of ketones is 1. The Morgan fingerprint density at radius 3 is 2.74 bits per heavy atom. The van der Waals surface area contributed by atoms with Crippen molar-refractivity contribution in [1.29, 1.82) is 0 Å². The summed E-state index contributed by atoms with van der Waals surface area (Å²) in [6.45, 7) is 4.44. The van der Waals surface area contributed by atoms with Gasteiger partial charge in [-0.05, 0) is 80.5 Å². The van der Waals surface area contributed by atoms with Crippen LogP contribution in [0.25, 0.3) is 0 Å². The van der Waals surface area contributed by atoms with Crippen LogP contribution in [0, 0.1) is 17.3 Å². The fourth-order valence-corrected chi connectivity index (χ4v) is 8.21. The smallest absolute Gasteiger partial charge is 0.180 e. The molecular weight excluding hydrogens is 422 g/mol. The number of rotatable bonds is 5. The number of Topliss-reactive ketones (excluding diaryl/α,β-unsaturated/α-hetero) is 1. The number of hydrogen-bond donors (Lipinski definition) is 1. The Balaban J connectivity index is 1.29. The van der Waals surface area contributed by atoms with Gasteiger partial charge in [0, 0.05) is 29.0 Å². The van der Waals surface area contributed by atoms with Crippen molar-refractivity contribution in [2.24, 2.45) is 17.3 Å². The molecule has 1 spiro atoms. The summed E-state index contributed by atoms with van der Waals surface area (Å²) in [6.07, 6.45) is 8.34. The molecule has 178 valence electrons. The minimum Gasteiger partial charge on any atom is -0.504 e. The number of carbonyl (C=O) groups is 1. The number of carbonyl (C=O) groups excluding carboxylic acids is 1. The number of likely N-dealkylation sites (tertiary alicyclic amines) is 1. The van der Waals surface area contributed by atoms with Gasteiger partial charge in [0.2, 0.25) is 0 Å². The minimum atomic E-state index is -0.456. The summed E-state index contributed by atoms with van der Waals surface area (Å²) in [5.74, 6) is 2.32. The molecule has 3 fully saturated rings. The predicted molar refractivity (Wildman–Crippen MR) is 131 cm³/mol. The highest BCUT2D eigenvalue weighted by molar-refractivity contribution is 5.93. The maximum absolute atomic E-state index is 14.2. The summed E-state index contributed by atoms with van der Waals surface area (Å²) < 4.78 is 6.50. The van der Waals surface area contributed by atoms with E-state index in [-0.39, 0.29) is 16.9 Å². The molecule has 0 radical (unpaired) electrons. The van der Waals surface area contributed by atoms with E-state index in [2.05, 4.69) is 42.2 Å². The molecule has 3 aliphatic carbocycles. The number of aromatic hydroxyl groups is 1. The number of ether oxygens (including phenoxy) is 1. The van der Waals surface area contributed by atoms with Crippen molar-refractivity contribution >= 4 is 5.78 Å². The van der Waals surface area contributed by atoms with Gasteiger partial charge in [0.15, 0.2) is 23.4 Å². The van der Waals surface area contributed by atoms with E-state index in [1.54, 1.807) is 6.07 Å². The Labute approximate surface area is 202 Å². The number of phenols is 1. The van der Waals surface area contributed by atoms with Gasteiger partial charge in [-0.1, -0.05) is 49.7 Å². The SMILES string of the molecule is C[C@@]1(CCc2ccccc2)CC2C3Cc4ccc(O)c5c4C2(CCN3CC2CCC2)C(O5)C1=O. The van der Waals surface area contributed by atoms with Crippen LogP contribution in [0.5, 0.6) is 11.5 Å². The lowest BCUT2D eigenvalue weighted by atomic mass is 9.47. The maximum Gasteiger partial charge on any atom is 0.180 e. The molecule has 4 unspecified atom stereocenters. The third-order valence-corrected chi connectivity index (χ3v) is 10.3. The van der Waals surface area contributed by atoms with Gasteiger partial charge in [-0.15, -0.1) is 0 Å². The number of benzene rings is 2. The second-order valence-electron chi connectivity index (χ2n) is 12.0. The van der Waals surface area contributed by atoms with Crippen molar-refractivity contribution in [1.82, 2.24) is 4.90 Å². The van der Waals surface area contributed by atoms with E-state index in [0.29, 0.717) is 17.7 Å². The largest absolute Gasteiger partial charge is 0.504 e. The molecule has 2 aliphatic heterocycles. The Bertz CT molecular complexity index is 1140. The van der Waals surface area contributed by atoms with Crippen LogP contribution in [0.3, 0.4) is 0 Å². The molecule has 2 heterocycles. The second-order valence-corrected chi connectivity index (χ2v) is 12.0. The van der Waals surface area contributed by atoms with Crippen molar-refractivity contribution in [3.8, 4) is 11.5 Å². The first-order chi connectivity index (χ1) is 16.5. The zero-order valence-electron chi connectivity index (χ0n) is 20.1. The van der Waals surface area contributed by atoms with Crippen LogP contribution in [0.4, 0.5) is 0 Å². The first-order valence-electron chi connectivity index (χ1n) is 13.3. The topological polar surface area (TPSA) is 49.8 Å². The van der Waals surface area contributed by atoms with Crippen LogP contribution >= 0.6 is 0 Å². The third-order valence-electron chi connectivity index (χ3n) is 10.3. The first-order valence-corrected chi connectivity index (χ1v) is 13.3. The van der Waals surface area contributed by atoms with Gasteiger partial charge in [-0.25, -0.2) is 0 Å². The zero-order valence-corrected chi connectivity index (χ0v) is 20.1. The fourth-order valence-electron chi connectivity index (χ4n) is 8.21. The van der Waals surface area contributed by atoms with Crippen molar-refractivity contribution in [3.63, 3.8) is 0 Å². The molecule has 1 saturated heterocycles. The Kier molecular flexibility index (Phi) is 4.53. The number of phenolic OH excluding ortho intramolecular Hbond substituents is 1. The molecule has 4 nitrogen and oxygen atoms in total. The Morgan fingerprint density at radius 1 is 1.15 bits per heavy atom. The lowest BCUT2D eigenvalue weighted by Gasteiger charge is -2.61. The van der Waals surface area contributed by atoms with E-state index in [4.69, 9.17) is 4.74 Å². The lowest BCUT2D eigenvalue weighted by molar-refractivity contribution is -0.155. The summed E-state index contributed by atoms with van der Waals surface area (Å²) in [5, 5.41) is 10.7. The minimum absolute atomic E-state index is 0.204. The van der Waals surface area contributed by atoms with E-state index >= 15 is 0 Å². The summed E-state index contributed by atoms with van der Waals surface area (Å²) in [6, 6.07) is 14.9. The average molecular weight is 458 g/mol. The van der Waals surface area contributed by atoms with Crippen LogP contribution in [-0.2, 0) is 23.1 Å². The highest BCUT2D eigenvalue weighted by Gasteiger charge is 2.69. The molecule has 5 aliphatic rings. The van der Waals surface area contributed by atoms with Crippen molar-refractivity contribution in [3.05, 3.63) is 59.2 Å². The number of aryl methyl sites for hydroxylation is 1. The van der Waals surface area contributed by atoms with E-state index in [9.17, 15) is 9.90 Å². The predicted octanol–water partition coefficient (Wildman–Crippen LogP) is 5.05. The van der Waals surface area contributed by atoms with Gasteiger partial charge < -0.3 is 9.84 Å². The molecule has 0 aromatic heterocycles. The quantitative estimate of drug-likeness (QED) is 0.683. The molecule has 4 heteroatoms. The molecule has 0 amide bonds. The molecule has 5 atom stereocenters. The summed E-state index contributed by atoms with van der Waals surface area (Å²) in [7, 11) is 0. The van der Waals surface area contributed by atoms with Crippen LogP contribution in [0.15, 0.2) is 42.5 Å². The molecule has 2 aromatic rings. The monoisotopic (exact) mass is 457 g/mol. The van der Waals surface area contributed by atoms with Crippen LogP contribution in [0.2, 0.25) is 0 Å². The highest BCUT2D eigenvalue weighted by Crippen LogP contribution is 2.66. The van der Waals surface area contributed by atoms with Crippen molar-refractivity contribution in [2.45, 2.75) is 75.9 Å². The van der Waals surface area contributed by atoms with Gasteiger partial charge in [-0.3, -0.25) is 9.69 Å². The highest BCUT2D eigenvalue weighted by atomic mass is 16.5. The second kappa shape index (κ2) is 7.34. The molecule has 2 saturated carbocycles. The van der Waals surface area contributed by atoms with Crippen LogP contribution < -0.4 is 4.74 Å². The van der Waals surface area contributed by atoms with Crippen molar-refractivity contribution in [2.75, 3.05) is 13.1 Å². The summed E-state index contributed by atoms with van der Waals surface area (Å²) >= 11 is 0. The van der Waals surface area contributed by atoms with Crippen LogP contribution in [-0.4, -0.2) is 41.0 Å². The lowest BCUT2D eigenvalue weighted by Crippen LogP contribution is -2.69. The van der Waals surface area contributed by atoms with E-state index in [1.807, 2.05) is 6.07 Å². The number of nitrogens with zero attached hydrogens (tertiary/aromatic N) is 1. The molecular formula is C30H35NO3. The molecule has 7 rings (SSSR count). The normalized spacial score (nSPS) is 36.0. The molecule has 34 heavy (non-hydrogen) atoms. The third kappa shape index (κ3) is 2.78. The van der Waals surface area contributed by atoms with Gasteiger partial charge in [0.05, 0.1) is 0 Å². The van der Waals surface area contributed by atoms with Gasteiger partial charge in [0.1, 0.15) is 0 Å². The maximum atomic E-state index is 14.2. The molecule has 2 bridgehead atoms. The van der Waals surface area contributed by atoms with Gasteiger partial charge in [-0.2, -0.15) is 0 Å². The first kappa shape index (κ1) is 21.0. The zero-order chi connectivity index (χ0) is 23.1. The average Bonchev–Trinajstić information content (AvgIpc) is 3.16. The number of piperidine rings is 1.